The van der Waals surface area contributed by atoms with E-state index in [4.69, 9.17) is 10.7 Å². The third-order valence-corrected chi connectivity index (χ3v) is 11.1. The zero-order chi connectivity index (χ0) is 33.3. The highest BCUT2D eigenvalue weighted by Gasteiger charge is 2.25. The largest absolute Gasteiger partial charge is 0.398 e. The molecule has 5 rings (SSSR count). The summed E-state index contributed by atoms with van der Waals surface area (Å²) in [4.78, 5) is 6.78. The van der Waals surface area contributed by atoms with Gasteiger partial charge in [0.2, 0.25) is 0 Å². The minimum atomic E-state index is 0.693. The molecular weight excluding hydrogens is 589 g/mol. The van der Waals surface area contributed by atoms with Crippen LogP contribution in [0.25, 0.3) is 10.8 Å². The number of aliphatic imine (C=N–C) groups is 1. The molecule has 2 nitrogen and oxygen atoms in total. The Morgan fingerprint density at radius 1 is 0.617 bits per heavy atom. The molecule has 0 spiro atoms. The van der Waals surface area contributed by atoms with Crippen molar-refractivity contribution in [1.29, 1.82) is 0 Å². The van der Waals surface area contributed by atoms with Crippen LogP contribution in [-0.2, 0) is 19.3 Å². The molecule has 0 aromatic heterocycles. The Bertz CT molecular complexity index is 1620. The summed E-state index contributed by atoms with van der Waals surface area (Å²) in [6, 6.07) is 26.6. The number of thioether (sulfide) groups is 1. The van der Waals surface area contributed by atoms with Crippen molar-refractivity contribution in [2.75, 3.05) is 5.73 Å². The zero-order valence-electron chi connectivity index (χ0n) is 29.9. The molecule has 4 aromatic carbocycles. The normalized spacial score (nSPS) is 14.2. The molecule has 1 heterocycles. The van der Waals surface area contributed by atoms with Crippen LogP contribution in [0.2, 0.25) is 0 Å². The van der Waals surface area contributed by atoms with Gasteiger partial charge in [-0.2, -0.15) is 0 Å². The summed E-state index contributed by atoms with van der Waals surface area (Å²) in [6.07, 6.45) is 13.1. The van der Waals surface area contributed by atoms with E-state index in [9.17, 15) is 0 Å². The zero-order valence-corrected chi connectivity index (χ0v) is 30.8. The first-order valence-corrected chi connectivity index (χ1v) is 19.3. The van der Waals surface area contributed by atoms with E-state index in [2.05, 4.69) is 114 Å². The fourth-order valence-electron chi connectivity index (χ4n) is 7.14. The number of benzene rings is 4. The van der Waals surface area contributed by atoms with E-state index in [0.29, 0.717) is 11.8 Å². The Morgan fingerprint density at radius 3 is 1.79 bits per heavy atom. The highest BCUT2D eigenvalue weighted by Crippen LogP contribution is 2.49. The highest BCUT2D eigenvalue weighted by molar-refractivity contribution is 8.14. The molecule has 0 bridgehead atoms. The number of aryl methyl sites for hydroxylation is 2. The average molecular weight is 647 g/mol. The molecule has 47 heavy (non-hydrogen) atoms. The van der Waals surface area contributed by atoms with Crippen molar-refractivity contribution in [2.45, 2.75) is 117 Å². The predicted octanol–water partition coefficient (Wildman–Crippen LogP) is 13.0. The molecule has 0 aliphatic carbocycles. The molecule has 2 atom stereocenters. The standard InChI is InChI=1S/C44H58N2S/c1-30(2)15-13-17-32(5)23-25-36-29-39-41-40(42(36)45)38(27-34-19-9-7-10-20-34)28-37(26-24-33(6)18-14-16-31(3)4)43(41)46-44(47-39)35-21-11-8-12-22-35/h7-12,19-22,28-33H,13-18,23-27,45H2,1-6H3. The number of nitrogens with two attached hydrogens (primary N) is 1. The number of rotatable bonds is 17. The molecule has 2 unspecified atom stereocenters. The van der Waals surface area contributed by atoms with Crippen LogP contribution in [0.4, 0.5) is 11.4 Å². The second kappa shape index (κ2) is 16.9. The van der Waals surface area contributed by atoms with Crippen molar-refractivity contribution < 1.29 is 0 Å². The lowest BCUT2D eigenvalue weighted by Crippen LogP contribution is -2.08. The molecule has 2 N–H and O–H groups in total. The lowest BCUT2D eigenvalue weighted by atomic mass is 9.87. The fraction of sp³-hybridized carbons (Fsp3) is 0.477. The molecule has 0 fully saturated rings. The third kappa shape index (κ3) is 9.53. The van der Waals surface area contributed by atoms with Gasteiger partial charge < -0.3 is 5.73 Å². The van der Waals surface area contributed by atoms with Gasteiger partial charge in [-0.05, 0) is 84.1 Å². The lowest BCUT2D eigenvalue weighted by Gasteiger charge is -2.25. The Balaban J connectivity index is 1.57. The summed E-state index contributed by atoms with van der Waals surface area (Å²) < 4.78 is 0. The van der Waals surface area contributed by atoms with Gasteiger partial charge in [0.1, 0.15) is 5.04 Å². The van der Waals surface area contributed by atoms with Gasteiger partial charge in [0.25, 0.3) is 0 Å². The van der Waals surface area contributed by atoms with Crippen LogP contribution in [0, 0.1) is 23.7 Å². The van der Waals surface area contributed by atoms with Crippen LogP contribution in [-0.4, -0.2) is 5.04 Å². The summed E-state index contributed by atoms with van der Waals surface area (Å²) in [7, 11) is 0. The molecule has 0 saturated carbocycles. The molecule has 0 saturated heterocycles. The second-order valence-corrected chi connectivity index (χ2v) is 16.3. The van der Waals surface area contributed by atoms with Crippen LogP contribution in [0.1, 0.15) is 121 Å². The minimum Gasteiger partial charge on any atom is -0.398 e. The van der Waals surface area contributed by atoms with Gasteiger partial charge in [-0.25, -0.2) is 4.99 Å². The predicted molar refractivity (Wildman–Crippen MR) is 208 cm³/mol. The van der Waals surface area contributed by atoms with Crippen LogP contribution in [0.3, 0.4) is 0 Å². The number of nitrogens with zero attached hydrogens (tertiary/aromatic N) is 1. The van der Waals surface area contributed by atoms with E-state index in [1.807, 2.05) is 11.8 Å². The summed E-state index contributed by atoms with van der Waals surface area (Å²) in [5.41, 5.74) is 15.9. The molecule has 250 valence electrons. The molecule has 1 aliphatic heterocycles. The molecular formula is C44H58N2S. The number of anilines is 1. The average Bonchev–Trinajstić information content (AvgIpc) is 3.05. The maximum Gasteiger partial charge on any atom is 0.109 e. The van der Waals surface area contributed by atoms with Crippen molar-refractivity contribution in [1.82, 2.24) is 0 Å². The highest BCUT2D eigenvalue weighted by atomic mass is 32.2. The van der Waals surface area contributed by atoms with Gasteiger partial charge in [0.15, 0.2) is 0 Å². The number of hydrogen-bond acceptors (Lipinski definition) is 3. The van der Waals surface area contributed by atoms with Crippen molar-refractivity contribution >= 4 is 39.0 Å². The maximum absolute atomic E-state index is 7.26. The third-order valence-electron chi connectivity index (χ3n) is 10.1. The number of nitrogen functional groups attached to an aromatic ring is 1. The molecule has 0 amide bonds. The summed E-state index contributed by atoms with van der Waals surface area (Å²) in [5, 5.41) is 3.61. The van der Waals surface area contributed by atoms with Crippen molar-refractivity contribution in [3.8, 4) is 0 Å². The van der Waals surface area contributed by atoms with Crippen molar-refractivity contribution in [3.63, 3.8) is 0 Å². The van der Waals surface area contributed by atoms with Gasteiger partial charge >= 0.3 is 0 Å². The number of hydrogen-bond donors (Lipinski definition) is 1. The summed E-state index contributed by atoms with van der Waals surface area (Å²) in [6.45, 7) is 14.2. The van der Waals surface area contributed by atoms with Crippen LogP contribution in [0.5, 0.6) is 0 Å². The Hall–Kier alpha value is -3.04. The van der Waals surface area contributed by atoms with E-state index in [-0.39, 0.29) is 0 Å². The van der Waals surface area contributed by atoms with E-state index in [0.717, 1.165) is 47.5 Å². The van der Waals surface area contributed by atoms with Crippen LogP contribution >= 0.6 is 11.8 Å². The van der Waals surface area contributed by atoms with E-state index in [1.165, 1.54) is 94.9 Å². The topological polar surface area (TPSA) is 38.4 Å². The summed E-state index contributed by atoms with van der Waals surface area (Å²) >= 11 is 1.83. The Labute approximate surface area is 290 Å². The van der Waals surface area contributed by atoms with Gasteiger partial charge in [0.05, 0.1) is 5.69 Å². The second-order valence-electron chi connectivity index (χ2n) is 15.2. The first-order valence-electron chi connectivity index (χ1n) is 18.4. The van der Waals surface area contributed by atoms with Gasteiger partial charge in [-0.15, -0.1) is 0 Å². The lowest BCUT2D eigenvalue weighted by molar-refractivity contribution is 0.437. The fourth-order valence-corrected chi connectivity index (χ4v) is 8.24. The first kappa shape index (κ1) is 35.3. The van der Waals surface area contributed by atoms with Gasteiger partial charge in [0, 0.05) is 26.9 Å². The van der Waals surface area contributed by atoms with Crippen LogP contribution in [0.15, 0.2) is 82.7 Å². The Kier molecular flexibility index (Phi) is 12.7. The Morgan fingerprint density at radius 2 is 1.19 bits per heavy atom. The quantitative estimate of drug-likeness (QED) is 0.116. The minimum absolute atomic E-state index is 0.693. The molecule has 1 aliphatic rings. The molecule has 4 aromatic rings. The van der Waals surface area contributed by atoms with E-state index in [1.54, 1.807) is 0 Å². The van der Waals surface area contributed by atoms with Crippen molar-refractivity contribution in [3.05, 3.63) is 101 Å². The smallest absolute Gasteiger partial charge is 0.109 e. The van der Waals surface area contributed by atoms with Gasteiger partial charge in [-0.1, -0.05) is 159 Å². The van der Waals surface area contributed by atoms with Crippen molar-refractivity contribution in [2.24, 2.45) is 28.7 Å². The van der Waals surface area contributed by atoms with E-state index >= 15 is 0 Å². The maximum atomic E-state index is 7.26. The molecule has 0 radical (unpaired) electrons. The first-order chi connectivity index (χ1) is 22.7. The van der Waals surface area contributed by atoms with Gasteiger partial charge in [-0.3, -0.25) is 0 Å². The van der Waals surface area contributed by atoms with Crippen LogP contribution < -0.4 is 5.73 Å². The monoisotopic (exact) mass is 646 g/mol. The van der Waals surface area contributed by atoms with E-state index < -0.39 is 0 Å². The SMILES string of the molecule is CC(C)CCCC(C)CCc1cc2c3c(c(CCC(C)CCCC(C)C)cc(Cc4ccccc4)c3c1N)N=C(c1ccccc1)S2. The summed E-state index contributed by atoms with van der Waals surface area (Å²) in [5.74, 6) is 2.94. The molecule has 3 heteroatoms.